The first-order valence-corrected chi connectivity index (χ1v) is 8.94. The third kappa shape index (κ3) is 4.67. The Labute approximate surface area is 172 Å². The first-order chi connectivity index (χ1) is 13.2. The largest absolute Gasteiger partial charge is 0.460 e. The SMILES string of the molecule is COCc1c(F)c(F)c(COC(=O)[C@@H]2[C@H](/C=C(\Cl)C(F)(F)F)C2(C)C)c(Cl)c1F. The van der Waals surface area contributed by atoms with Crippen molar-refractivity contribution in [3.05, 3.63) is 44.7 Å². The molecule has 162 valence electrons. The third-order valence-electron chi connectivity index (χ3n) is 4.85. The summed E-state index contributed by atoms with van der Waals surface area (Å²) in [5.41, 5.74) is -2.35. The number of alkyl halides is 3. The Morgan fingerprint density at radius 3 is 2.17 bits per heavy atom. The lowest BCUT2D eigenvalue weighted by Gasteiger charge is -2.13. The zero-order chi connectivity index (χ0) is 22.3. The second-order valence-electron chi connectivity index (χ2n) is 7.09. The molecule has 0 aromatic heterocycles. The quantitative estimate of drug-likeness (QED) is 0.298. The fourth-order valence-corrected chi connectivity index (χ4v) is 3.43. The summed E-state index contributed by atoms with van der Waals surface area (Å²) in [4.78, 5) is 12.2. The molecule has 0 amide bonds. The highest BCUT2D eigenvalue weighted by Crippen LogP contribution is 2.60. The van der Waals surface area contributed by atoms with Gasteiger partial charge >= 0.3 is 12.1 Å². The molecule has 0 saturated heterocycles. The second kappa shape index (κ2) is 8.35. The standard InChI is InChI=1S/C18H16Cl2F6O3/c1-17(2)9(4-10(19)18(24,25)26)11(17)16(27)29-6-7-12(20)13(21)8(5-28-3)15(23)14(7)22/h4,9,11H,5-6H2,1-3H3/b10-4-/t9-,11-/m0/s1. The summed E-state index contributed by atoms with van der Waals surface area (Å²) in [6, 6.07) is 0. The van der Waals surface area contributed by atoms with E-state index in [1.54, 1.807) is 0 Å². The summed E-state index contributed by atoms with van der Waals surface area (Å²) in [6.07, 6.45) is -4.05. The minimum atomic E-state index is -4.76. The van der Waals surface area contributed by atoms with Crippen LogP contribution in [0.4, 0.5) is 26.3 Å². The number of halogens is 8. The number of hydrogen-bond donors (Lipinski definition) is 0. The zero-order valence-corrected chi connectivity index (χ0v) is 16.9. The van der Waals surface area contributed by atoms with E-state index in [9.17, 15) is 31.1 Å². The van der Waals surface area contributed by atoms with Crippen LogP contribution in [-0.2, 0) is 27.5 Å². The van der Waals surface area contributed by atoms with Crippen molar-refractivity contribution in [2.24, 2.45) is 17.3 Å². The van der Waals surface area contributed by atoms with Crippen molar-refractivity contribution in [3.63, 3.8) is 0 Å². The van der Waals surface area contributed by atoms with E-state index in [1.807, 2.05) is 0 Å². The molecule has 2 rings (SSSR count). The van der Waals surface area contributed by atoms with Crippen LogP contribution in [0.15, 0.2) is 11.1 Å². The number of benzene rings is 1. The van der Waals surface area contributed by atoms with Gasteiger partial charge in [0.15, 0.2) is 17.5 Å². The van der Waals surface area contributed by atoms with Gasteiger partial charge in [-0.3, -0.25) is 4.79 Å². The van der Waals surface area contributed by atoms with Crippen molar-refractivity contribution in [3.8, 4) is 0 Å². The van der Waals surface area contributed by atoms with E-state index in [1.165, 1.54) is 13.8 Å². The first kappa shape index (κ1) is 23.8. The van der Waals surface area contributed by atoms with Crippen LogP contribution in [0, 0.1) is 34.7 Å². The van der Waals surface area contributed by atoms with E-state index in [4.69, 9.17) is 27.9 Å². The van der Waals surface area contributed by atoms with Crippen LogP contribution in [0.1, 0.15) is 25.0 Å². The topological polar surface area (TPSA) is 35.5 Å². The van der Waals surface area contributed by atoms with Crippen LogP contribution in [0.5, 0.6) is 0 Å². The lowest BCUT2D eigenvalue weighted by Crippen LogP contribution is -2.13. The van der Waals surface area contributed by atoms with Crippen molar-refractivity contribution >= 4 is 29.2 Å². The Morgan fingerprint density at radius 1 is 1.10 bits per heavy atom. The number of allylic oxidation sites excluding steroid dienone is 2. The van der Waals surface area contributed by atoms with E-state index in [0.29, 0.717) is 6.08 Å². The molecule has 0 spiro atoms. The Balaban J connectivity index is 2.18. The maximum atomic E-state index is 14.2. The first-order valence-electron chi connectivity index (χ1n) is 8.18. The minimum Gasteiger partial charge on any atom is -0.460 e. The number of rotatable bonds is 6. The molecular weight excluding hydrogens is 449 g/mol. The van der Waals surface area contributed by atoms with Gasteiger partial charge in [-0.1, -0.05) is 43.1 Å². The summed E-state index contributed by atoms with van der Waals surface area (Å²) >= 11 is 10.9. The molecule has 0 N–H and O–H groups in total. The van der Waals surface area contributed by atoms with Gasteiger partial charge in [-0.25, -0.2) is 13.2 Å². The van der Waals surface area contributed by atoms with E-state index < -0.39 is 81.2 Å². The minimum absolute atomic E-state index is 0.571. The molecular formula is C18H16Cl2F6O3. The number of ether oxygens (including phenoxy) is 2. The number of esters is 1. The average molecular weight is 465 g/mol. The molecule has 0 bridgehead atoms. The normalized spacial score (nSPS) is 21.3. The van der Waals surface area contributed by atoms with Crippen LogP contribution in [0.3, 0.4) is 0 Å². The number of carbonyl (C=O) groups excluding carboxylic acids is 1. The number of methoxy groups -OCH3 is 1. The highest BCUT2D eigenvalue weighted by molar-refractivity contribution is 6.31. The molecule has 1 fully saturated rings. The summed E-state index contributed by atoms with van der Waals surface area (Å²) in [5, 5.41) is -2.16. The van der Waals surface area contributed by atoms with Crippen LogP contribution < -0.4 is 0 Å². The van der Waals surface area contributed by atoms with Crippen molar-refractivity contribution in [1.82, 2.24) is 0 Å². The van der Waals surface area contributed by atoms with Crippen molar-refractivity contribution in [1.29, 1.82) is 0 Å². The third-order valence-corrected chi connectivity index (χ3v) is 5.59. The highest BCUT2D eigenvalue weighted by atomic mass is 35.5. The van der Waals surface area contributed by atoms with Gasteiger partial charge in [0.1, 0.15) is 11.6 Å². The van der Waals surface area contributed by atoms with Crippen LogP contribution in [0.25, 0.3) is 0 Å². The average Bonchev–Trinajstić information content (AvgIpc) is 3.16. The molecule has 0 radical (unpaired) electrons. The smallest absolute Gasteiger partial charge is 0.426 e. The van der Waals surface area contributed by atoms with Crippen LogP contribution >= 0.6 is 23.2 Å². The Kier molecular flexibility index (Phi) is 6.86. The van der Waals surface area contributed by atoms with Crippen molar-refractivity contribution < 1.29 is 40.6 Å². The maximum Gasteiger partial charge on any atom is 0.426 e. The molecule has 11 heteroatoms. The summed E-state index contributed by atoms with van der Waals surface area (Å²) < 4.78 is 89.6. The lowest BCUT2D eigenvalue weighted by molar-refractivity contribution is -0.147. The van der Waals surface area contributed by atoms with Gasteiger partial charge in [0.2, 0.25) is 0 Å². The Hall–Kier alpha value is -1.45. The second-order valence-corrected chi connectivity index (χ2v) is 7.88. The van der Waals surface area contributed by atoms with Gasteiger partial charge in [0.25, 0.3) is 0 Å². The van der Waals surface area contributed by atoms with Gasteiger partial charge in [0.05, 0.1) is 23.1 Å². The van der Waals surface area contributed by atoms with Gasteiger partial charge in [0, 0.05) is 12.7 Å². The van der Waals surface area contributed by atoms with Gasteiger partial charge in [-0.15, -0.1) is 0 Å². The molecule has 1 aromatic rings. The molecule has 3 nitrogen and oxygen atoms in total. The molecule has 29 heavy (non-hydrogen) atoms. The number of hydrogen-bond acceptors (Lipinski definition) is 3. The lowest BCUT2D eigenvalue weighted by atomic mass is 10.1. The van der Waals surface area contributed by atoms with Gasteiger partial charge < -0.3 is 9.47 Å². The van der Waals surface area contributed by atoms with Crippen molar-refractivity contribution in [2.75, 3.05) is 7.11 Å². The number of carbonyl (C=O) groups is 1. The molecule has 1 aliphatic carbocycles. The van der Waals surface area contributed by atoms with E-state index in [-0.39, 0.29) is 0 Å². The van der Waals surface area contributed by atoms with Crippen LogP contribution in [-0.4, -0.2) is 19.3 Å². The van der Waals surface area contributed by atoms with E-state index in [2.05, 4.69) is 4.74 Å². The fourth-order valence-electron chi connectivity index (χ4n) is 3.04. The summed E-state index contributed by atoms with van der Waals surface area (Å²) in [6.45, 7) is 1.57. The van der Waals surface area contributed by atoms with Gasteiger partial charge in [-0.05, 0) is 11.3 Å². The summed E-state index contributed by atoms with van der Waals surface area (Å²) in [5.74, 6) is -7.15. The molecule has 2 atom stereocenters. The fraction of sp³-hybridized carbons (Fsp3) is 0.500. The summed E-state index contributed by atoms with van der Waals surface area (Å²) in [7, 11) is 1.15. The highest BCUT2D eigenvalue weighted by Gasteiger charge is 2.62. The predicted octanol–water partition coefficient (Wildman–Crippen LogP) is 5.90. The van der Waals surface area contributed by atoms with Gasteiger partial charge in [-0.2, -0.15) is 13.2 Å². The van der Waals surface area contributed by atoms with E-state index in [0.717, 1.165) is 7.11 Å². The predicted molar refractivity (Wildman–Crippen MR) is 92.6 cm³/mol. The molecule has 0 heterocycles. The van der Waals surface area contributed by atoms with Crippen molar-refractivity contribution in [2.45, 2.75) is 33.2 Å². The molecule has 1 aromatic carbocycles. The van der Waals surface area contributed by atoms with Crippen LogP contribution in [0.2, 0.25) is 5.02 Å². The van der Waals surface area contributed by atoms with E-state index >= 15 is 0 Å². The molecule has 1 aliphatic rings. The monoisotopic (exact) mass is 464 g/mol. The molecule has 0 aliphatic heterocycles. The Bertz CT molecular complexity index is 822. The molecule has 0 unspecified atom stereocenters. The maximum absolute atomic E-state index is 14.2. The molecule has 1 saturated carbocycles. The zero-order valence-electron chi connectivity index (χ0n) is 15.4. The Morgan fingerprint density at radius 2 is 1.66 bits per heavy atom.